The van der Waals surface area contributed by atoms with Crippen molar-refractivity contribution >= 4 is 5.70 Å². The zero-order valence-corrected chi connectivity index (χ0v) is 10.6. The molecule has 0 aliphatic carbocycles. The summed E-state index contributed by atoms with van der Waals surface area (Å²) < 4.78 is 10.5. The molecule has 0 heterocycles. The van der Waals surface area contributed by atoms with Crippen LogP contribution in [-0.4, -0.2) is 33.2 Å². The molecule has 3 heteroatoms. The van der Waals surface area contributed by atoms with Crippen LogP contribution in [0.4, 0.5) is 0 Å². The minimum absolute atomic E-state index is 0.728. The molecule has 0 radical (unpaired) electrons. The molecule has 88 valence electrons. The van der Waals surface area contributed by atoms with Gasteiger partial charge >= 0.3 is 0 Å². The van der Waals surface area contributed by atoms with Gasteiger partial charge in [0.25, 0.3) is 0 Å². The zero-order valence-electron chi connectivity index (χ0n) is 10.6. The lowest BCUT2D eigenvalue weighted by atomic mass is 10.0. The van der Waals surface area contributed by atoms with Crippen LogP contribution in [0.25, 0.3) is 5.70 Å². The number of rotatable bonds is 4. The number of ether oxygens (including phenoxy) is 2. The van der Waals surface area contributed by atoms with Crippen molar-refractivity contribution in [3.05, 3.63) is 29.8 Å². The highest BCUT2D eigenvalue weighted by atomic mass is 16.5. The van der Waals surface area contributed by atoms with Crippen molar-refractivity contribution in [3.8, 4) is 11.5 Å². The van der Waals surface area contributed by atoms with Crippen LogP contribution >= 0.6 is 0 Å². The molecule has 0 fully saturated rings. The smallest absolute Gasteiger partial charge is 0.161 e. The molecule has 0 aliphatic rings. The van der Waals surface area contributed by atoms with E-state index in [0.717, 1.165) is 28.3 Å². The molecule has 1 aromatic carbocycles. The average molecular weight is 221 g/mol. The van der Waals surface area contributed by atoms with E-state index in [-0.39, 0.29) is 0 Å². The van der Waals surface area contributed by atoms with Gasteiger partial charge in [0.2, 0.25) is 0 Å². The van der Waals surface area contributed by atoms with E-state index >= 15 is 0 Å². The first-order valence-corrected chi connectivity index (χ1v) is 5.10. The van der Waals surface area contributed by atoms with Gasteiger partial charge in [-0.2, -0.15) is 0 Å². The first-order valence-electron chi connectivity index (χ1n) is 5.10. The van der Waals surface area contributed by atoms with Gasteiger partial charge in [-0.1, -0.05) is 6.58 Å². The quantitative estimate of drug-likeness (QED) is 0.780. The van der Waals surface area contributed by atoms with Crippen molar-refractivity contribution in [1.82, 2.24) is 4.90 Å². The average Bonchev–Trinajstić information content (AvgIpc) is 2.27. The number of nitrogens with zero attached hydrogens (tertiary/aromatic N) is 1. The largest absolute Gasteiger partial charge is 0.493 e. The van der Waals surface area contributed by atoms with Crippen LogP contribution in [0.1, 0.15) is 11.1 Å². The van der Waals surface area contributed by atoms with Gasteiger partial charge in [-0.15, -0.1) is 0 Å². The van der Waals surface area contributed by atoms with Gasteiger partial charge in [-0.3, -0.25) is 0 Å². The lowest BCUT2D eigenvalue weighted by molar-refractivity contribution is 0.354. The molecule has 0 amide bonds. The van der Waals surface area contributed by atoms with Crippen molar-refractivity contribution in [2.75, 3.05) is 28.3 Å². The van der Waals surface area contributed by atoms with Crippen LogP contribution in [-0.2, 0) is 0 Å². The maximum atomic E-state index is 5.28. The standard InChI is InChI=1S/C13H19NO2/c1-9-7-12(15-5)13(16-6)8-11(9)10(2)14(3)4/h7-8H,2H2,1,3-6H3. The van der Waals surface area contributed by atoms with Gasteiger partial charge in [0.05, 0.1) is 14.2 Å². The van der Waals surface area contributed by atoms with Crippen LogP contribution in [0.5, 0.6) is 11.5 Å². The second-order valence-electron chi connectivity index (χ2n) is 3.86. The SMILES string of the molecule is C=C(c1cc(OC)c(OC)cc1C)N(C)C. The molecule has 0 atom stereocenters. The summed E-state index contributed by atoms with van der Waals surface area (Å²) in [6.07, 6.45) is 0. The van der Waals surface area contributed by atoms with E-state index in [1.165, 1.54) is 0 Å². The van der Waals surface area contributed by atoms with Crippen molar-refractivity contribution in [1.29, 1.82) is 0 Å². The number of benzene rings is 1. The third-order valence-electron chi connectivity index (χ3n) is 2.58. The summed E-state index contributed by atoms with van der Waals surface area (Å²) >= 11 is 0. The molecule has 0 saturated heterocycles. The highest BCUT2D eigenvalue weighted by Crippen LogP contribution is 2.33. The van der Waals surface area contributed by atoms with Gasteiger partial charge in [0.1, 0.15) is 0 Å². The zero-order chi connectivity index (χ0) is 12.3. The second kappa shape index (κ2) is 4.92. The maximum Gasteiger partial charge on any atom is 0.161 e. The Kier molecular flexibility index (Phi) is 3.82. The lowest BCUT2D eigenvalue weighted by Crippen LogP contribution is -2.10. The summed E-state index contributed by atoms with van der Waals surface area (Å²) in [7, 11) is 7.21. The highest BCUT2D eigenvalue weighted by molar-refractivity contribution is 5.68. The van der Waals surface area contributed by atoms with E-state index in [1.807, 2.05) is 38.1 Å². The minimum atomic E-state index is 0.728. The molecular weight excluding hydrogens is 202 g/mol. The van der Waals surface area contributed by atoms with Crippen molar-refractivity contribution in [2.45, 2.75) is 6.92 Å². The predicted molar refractivity (Wildman–Crippen MR) is 67.0 cm³/mol. The number of aryl methyl sites for hydroxylation is 1. The Morgan fingerprint density at radius 3 is 2.06 bits per heavy atom. The maximum absolute atomic E-state index is 5.28. The Balaban J connectivity index is 3.26. The topological polar surface area (TPSA) is 21.7 Å². The molecule has 0 unspecified atom stereocenters. The van der Waals surface area contributed by atoms with E-state index in [9.17, 15) is 0 Å². The van der Waals surface area contributed by atoms with Crippen molar-refractivity contribution in [3.63, 3.8) is 0 Å². The molecule has 1 rings (SSSR count). The summed E-state index contributed by atoms with van der Waals surface area (Å²) in [5, 5.41) is 0. The minimum Gasteiger partial charge on any atom is -0.493 e. The van der Waals surface area contributed by atoms with E-state index in [2.05, 4.69) is 6.58 Å². The van der Waals surface area contributed by atoms with Crippen LogP contribution in [0.15, 0.2) is 18.7 Å². The van der Waals surface area contributed by atoms with Crippen molar-refractivity contribution < 1.29 is 9.47 Å². The number of hydrogen-bond acceptors (Lipinski definition) is 3. The van der Waals surface area contributed by atoms with Gasteiger partial charge in [0.15, 0.2) is 11.5 Å². The number of methoxy groups -OCH3 is 2. The molecule has 1 aromatic rings. The highest BCUT2D eigenvalue weighted by Gasteiger charge is 2.11. The monoisotopic (exact) mass is 221 g/mol. The summed E-state index contributed by atoms with van der Waals surface area (Å²) in [5.74, 6) is 1.47. The Labute approximate surface area is 97.3 Å². The fraction of sp³-hybridized carbons (Fsp3) is 0.385. The third kappa shape index (κ3) is 2.30. The van der Waals surface area contributed by atoms with Gasteiger partial charge < -0.3 is 14.4 Å². The van der Waals surface area contributed by atoms with Gasteiger partial charge in [-0.25, -0.2) is 0 Å². The fourth-order valence-electron chi connectivity index (χ4n) is 1.53. The third-order valence-corrected chi connectivity index (χ3v) is 2.58. The predicted octanol–water partition coefficient (Wildman–Crippen LogP) is 2.54. The normalized spacial score (nSPS) is 9.81. The Morgan fingerprint density at radius 2 is 1.62 bits per heavy atom. The van der Waals surface area contributed by atoms with Crippen LogP contribution in [0.3, 0.4) is 0 Å². The van der Waals surface area contributed by atoms with E-state index in [1.54, 1.807) is 14.2 Å². The van der Waals surface area contributed by atoms with E-state index in [0.29, 0.717) is 0 Å². The molecule has 0 aromatic heterocycles. The molecule has 0 spiro atoms. The summed E-state index contributed by atoms with van der Waals surface area (Å²) in [6, 6.07) is 3.92. The molecular formula is C13H19NO2. The van der Waals surface area contributed by atoms with Crippen LogP contribution < -0.4 is 9.47 Å². The molecule has 0 bridgehead atoms. The van der Waals surface area contributed by atoms with E-state index in [4.69, 9.17) is 9.47 Å². The molecule has 16 heavy (non-hydrogen) atoms. The van der Waals surface area contributed by atoms with Gasteiger partial charge in [0, 0.05) is 25.4 Å². The second-order valence-corrected chi connectivity index (χ2v) is 3.86. The first-order chi connectivity index (χ1) is 7.51. The Bertz CT molecular complexity index is 397. The number of hydrogen-bond donors (Lipinski definition) is 0. The summed E-state index contributed by atoms with van der Waals surface area (Å²) in [5.41, 5.74) is 3.15. The van der Waals surface area contributed by atoms with Gasteiger partial charge in [-0.05, 0) is 24.6 Å². The Morgan fingerprint density at radius 1 is 1.12 bits per heavy atom. The molecule has 0 saturated carbocycles. The fourth-order valence-corrected chi connectivity index (χ4v) is 1.53. The lowest BCUT2D eigenvalue weighted by Gasteiger charge is -2.19. The van der Waals surface area contributed by atoms with Crippen molar-refractivity contribution in [2.24, 2.45) is 0 Å². The summed E-state index contributed by atoms with van der Waals surface area (Å²) in [4.78, 5) is 1.98. The molecule has 3 nitrogen and oxygen atoms in total. The molecule has 0 N–H and O–H groups in total. The molecule has 0 aliphatic heterocycles. The Hall–Kier alpha value is -1.64. The van der Waals surface area contributed by atoms with E-state index < -0.39 is 0 Å². The first kappa shape index (κ1) is 12.4. The van der Waals surface area contributed by atoms with Crippen LogP contribution in [0.2, 0.25) is 0 Å². The van der Waals surface area contributed by atoms with Crippen LogP contribution in [0, 0.1) is 6.92 Å². The summed E-state index contributed by atoms with van der Waals surface area (Å²) in [6.45, 7) is 6.08.